The third-order valence-corrected chi connectivity index (χ3v) is 2.46. The second-order valence-electron chi connectivity index (χ2n) is 3.70. The summed E-state index contributed by atoms with van der Waals surface area (Å²) in [6.45, 7) is 2.53. The first-order valence-corrected chi connectivity index (χ1v) is 5.28. The third-order valence-electron chi connectivity index (χ3n) is 2.46. The molecule has 1 amide bonds. The van der Waals surface area contributed by atoms with Gasteiger partial charge in [0.25, 0.3) is 0 Å². The maximum atomic E-state index is 11.1. The molecule has 0 saturated carbocycles. The fraction of sp³-hybridized carbons (Fsp3) is 0.900. The minimum Gasteiger partial charge on any atom is -0.396 e. The molecule has 4 heteroatoms. The van der Waals surface area contributed by atoms with E-state index in [1.807, 2.05) is 0 Å². The Morgan fingerprint density at radius 2 is 2.43 bits per heavy atom. The number of hydrogen-bond donors (Lipinski definition) is 2. The number of amides is 1. The van der Waals surface area contributed by atoms with Crippen molar-refractivity contribution in [3.63, 3.8) is 0 Å². The molecule has 1 atom stereocenters. The molecule has 0 spiro atoms. The molecule has 1 heterocycles. The minimum absolute atomic E-state index is 0.0398. The summed E-state index contributed by atoms with van der Waals surface area (Å²) in [5.74, 6) is 0.658. The van der Waals surface area contributed by atoms with Gasteiger partial charge in [-0.05, 0) is 25.2 Å². The fourth-order valence-electron chi connectivity index (χ4n) is 1.55. The van der Waals surface area contributed by atoms with E-state index in [0.29, 0.717) is 18.8 Å². The van der Waals surface area contributed by atoms with Crippen LogP contribution in [-0.4, -0.2) is 37.4 Å². The van der Waals surface area contributed by atoms with E-state index in [4.69, 9.17) is 9.84 Å². The fourth-order valence-corrected chi connectivity index (χ4v) is 1.55. The van der Waals surface area contributed by atoms with Gasteiger partial charge in [0.05, 0.1) is 0 Å². The highest BCUT2D eigenvalue weighted by Gasteiger charge is 2.14. The van der Waals surface area contributed by atoms with Crippen LogP contribution in [0.4, 0.5) is 0 Å². The summed E-state index contributed by atoms with van der Waals surface area (Å²) in [7, 11) is 0. The standard InChI is InChI=1S/C10H19NO3/c12-6-1-2-10(13)11-5-3-9-4-7-14-8-9/h9,12H,1-8H2,(H,11,13). The Bertz CT molecular complexity index is 167. The largest absolute Gasteiger partial charge is 0.396 e. The maximum absolute atomic E-state index is 11.1. The van der Waals surface area contributed by atoms with Gasteiger partial charge in [0.1, 0.15) is 0 Å². The molecule has 2 N–H and O–H groups in total. The van der Waals surface area contributed by atoms with Crippen molar-refractivity contribution < 1.29 is 14.6 Å². The van der Waals surface area contributed by atoms with Gasteiger partial charge in [-0.3, -0.25) is 4.79 Å². The summed E-state index contributed by atoms with van der Waals surface area (Å²) >= 11 is 0. The van der Waals surface area contributed by atoms with E-state index < -0.39 is 0 Å². The van der Waals surface area contributed by atoms with Crippen LogP contribution >= 0.6 is 0 Å². The molecule has 1 aliphatic rings. The van der Waals surface area contributed by atoms with Crippen LogP contribution in [0.1, 0.15) is 25.7 Å². The summed E-state index contributed by atoms with van der Waals surface area (Å²) in [5, 5.41) is 11.4. The highest BCUT2D eigenvalue weighted by molar-refractivity contribution is 5.75. The van der Waals surface area contributed by atoms with Gasteiger partial charge >= 0.3 is 0 Å². The lowest BCUT2D eigenvalue weighted by atomic mass is 10.1. The number of rotatable bonds is 6. The third kappa shape index (κ3) is 4.58. The van der Waals surface area contributed by atoms with Gasteiger partial charge in [-0.25, -0.2) is 0 Å². The summed E-state index contributed by atoms with van der Waals surface area (Å²) in [6, 6.07) is 0. The summed E-state index contributed by atoms with van der Waals surface area (Å²) in [4.78, 5) is 11.1. The lowest BCUT2D eigenvalue weighted by Gasteiger charge is -2.08. The number of aliphatic hydroxyl groups is 1. The van der Waals surface area contributed by atoms with Crippen molar-refractivity contribution in [1.29, 1.82) is 0 Å². The van der Waals surface area contributed by atoms with Crippen molar-refractivity contribution in [2.24, 2.45) is 5.92 Å². The molecule has 14 heavy (non-hydrogen) atoms. The summed E-state index contributed by atoms with van der Waals surface area (Å²) < 4.78 is 5.23. The van der Waals surface area contributed by atoms with Crippen molar-refractivity contribution in [2.45, 2.75) is 25.7 Å². The van der Waals surface area contributed by atoms with Gasteiger partial charge in [0.15, 0.2) is 0 Å². The molecule has 82 valence electrons. The van der Waals surface area contributed by atoms with Gasteiger partial charge in [-0.15, -0.1) is 0 Å². The van der Waals surface area contributed by atoms with Gasteiger partial charge in [0, 0.05) is 32.8 Å². The van der Waals surface area contributed by atoms with Gasteiger partial charge in [0.2, 0.25) is 5.91 Å². The van der Waals surface area contributed by atoms with E-state index in [1.165, 1.54) is 0 Å². The Morgan fingerprint density at radius 1 is 1.57 bits per heavy atom. The smallest absolute Gasteiger partial charge is 0.220 e. The Hall–Kier alpha value is -0.610. The average molecular weight is 201 g/mol. The number of nitrogens with one attached hydrogen (secondary N) is 1. The van der Waals surface area contributed by atoms with E-state index in [1.54, 1.807) is 0 Å². The average Bonchev–Trinajstić information content (AvgIpc) is 2.67. The SMILES string of the molecule is O=C(CCCO)NCCC1CCOC1. The van der Waals surface area contributed by atoms with Crippen LogP contribution in [0.5, 0.6) is 0 Å². The Labute approximate surface area is 84.6 Å². The second-order valence-corrected chi connectivity index (χ2v) is 3.70. The molecular weight excluding hydrogens is 182 g/mol. The molecule has 0 bridgehead atoms. The molecule has 1 fully saturated rings. The molecule has 1 rings (SSSR count). The molecule has 0 aromatic heterocycles. The number of carbonyl (C=O) groups excluding carboxylic acids is 1. The molecule has 0 aliphatic carbocycles. The molecular formula is C10H19NO3. The number of ether oxygens (including phenoxy) is 1. The first-order chi connectivity index (χ1) is 6.83. The molecule has 1 aliphatic heterocycles. The molecule has 0 aromatic rings. The quantitative estimate of drug-likeness (QED) is 0.650. The van der Waals surface area contributed by atoms with Crippen molar-refractivity contribution in [2.75, 3.05) is 26.4 Å². The zero-order chi connectivity index (χ0) is 10.2. The molecule has 0 radical (unpaired) electrons. The van der Waals surface area contributed by atoms with Crippen LogP contribution < -0.4 is 5.32 Å². The lowest BCUT2D eigenvalue weighted by molar-refractivity contribution is -0.121. The highest BCUT2D eigenvalue weighted by atomic mass is 16.5. The van der Waals surface area contributed by atoms with Gasteiger partial charge < -0.3 is 15.2 Å². The Balaban J connectivity index is 1.94. The molecule has 1 unspecified atom stereocenters. The Kier molecular flexibility index (Phi) is 5.56. The molecule has 1 saturated heterocycles. The van der Waals surface area contributed by atoms with E-state index in [-0.39, 0.29) is 12.5 Å². The van der Waals surface area contributed by atoms with Crippen LogP contribution in [-0.2, 0) is 9.53 Å². The highest BCUT2D eigenvalue weighted by Crippen LogP contribution is 2.15. The Morgan fingerprint density at radius 3 is 3.07 bits per heavy atom. The van der Waals surface area contributed by atoms with Crippen LogP contribution in [0.25, 0.3) is 0 Å². The topological polar surface area (TPSA) is 58.6 Å². The zero-order valence-electron chi connectivity index (χ0n) is 8.50. The predicted molar refractivity (Wildman–Crippen MR) is 52.9 cm³/mol. The van der Waals surface area contributed by atoms with E-state index in [9.17, 15) is 4.79 Å². The van der Waals surface area contributed by atoms with Crippen LogP contribution in [0.15, 0.2) is 0 Å². The van der Waals surface area contributed by atoms with Crippen LogP contribution in [0.2, 0.25) is 0 Å². The van der Waals surface area contributed by atoms with E-state index >= 15 is 0 Å². The number of hydrogen-bond acceptors (Lipinski definition) is 3. The van der Waals surface area contributed by atoms with E-state index in [2.05, 4.69) is 5.32 Å². The molecule has 0 aromatic carbocycles. The monoisotopic (exact) mass is 201 g/mol. The first kappa shape index (κ1) is 11.5. The van der Waals surface area contributed by atoms with Crippen LogP contribution in [0.3, 0.4) is 0 Å². The van der Waals surface area contributed by atoms with Crippen molar-refractivity contribution in [1.82, 2.24) is 5.32 Å². The lowest BCUT2D eigenvalue weighted by Crippen LogP contribution is -2.25. The number of aliphatic hydroxyl groups excluding tert-OH is 1. The summed E-state index contributed by atoms with van der Waals surface area (Å²) in [6.07, 6.45) is 3.10. The van der Waals surface area contributed by atoms with Gasteiger partial charge in [-0.2, -0.15) is 0 Å². The normalized spacial score (nSPS) is 21.1. The minimum atomic E-state index is 0.0398. The molecule has 4 nitrogen and oxygen atoms in total. The number of carbonyl (C=O) groups is 1. The van der Waals surface area contributed by atoms with Gasteiger partial charge in [-0.1, -0.05) is 0 Å². The predicted octanol–water partition coefficient (Wildman–Crippen LogP) is 0.302. The van der Waals surface area contributed by atoms with E-state index in [0.717, 1.165) is 32.6 Å². The summed E-state index contributed by atoms with van der Waals surface area (Å²) in [5.41, 5.74) is 0. The second kappa shape index (κ2) is 6.79. The van der Waals surface area contributed by atoms with Crippen molar-refractivity contribution in [3.8, 4) is 0 Å². The maximum Gasteiger partial charge on any atom is 0.220 e. The van der Waals surface area contributed by atoms with Crippen molar-refractivity contribution >= 4 is 5.91 Å². The van der Waals surface area contributed by atoms with Crippen LogP contribution in [0, 0.1) is 5.92 Å². The first-order valence-electron chi connectivity index (χ1n) is 5.28. The zero-order valence-corrected chi connectivity index (χ0v) is 8.50. The van der Waals surface area contributed by atoms with Crippen molar-refractivity contribution in [3.05, 3.63) is 0 Å².